The van der Waals surface area contributed by atoms with Crippen LogP contribution in [0.25, 0.3) is 0 Å². The number of amides is 1. The van der Waals surface area contributed by atoms with Crippen LogP contribution in [-0.2, 0) is 11.3 Å². The summed E-state index contributed by atoms with van der Waals surface area (Å²) in [4.78, 5) is 15.1. The summed E-state index contributed by atoms with van der Waals surface area (Å²) in [6.45, 7) is 4.79. The third-order valence-electron chi connectivity index (χ3n) is 3.31. The van der Waals surface area contributed by atoms with Gasteiger partial charge in [0.05, 0.1) is 10.9 Å². The number of likely N-dealkylation sites (tertiary alicyclic amines) is 1. The molecule has 0 unspecified atom stereocenters. The van der Waals surface area contributed by atoms with Crippen LogP contribution in [0.4, 0.5) is 0 Å². The second-order valence-electron chi connectivity index (χ2n) is 4.56. The molecule has 1 aromatic rings. The summed E-state index contributed by atoms with van der Waals surface area (Å²) in [6, 6.07) is 4.30. The van der Waals surface area contributed by atoms with Gasteiger partial charge in [-0.3, -0.25) is 4.79 Å². The van der Waals surface area contributed by atoms with Crippen molar-refractivity contribution in [1.29, 1.82) is 0 Å². The van der Waals surface area contributed by atoms with Crippen molar-refractivity contribution in [2.45, 2.75) is 38.8 Å². The van der Waals surface area contributed by atoms with Crippen molar-refractivity contribution in [1.82, 2.24) is 10.2 Å². The second kappa shape index (κ2) is 6.55. The molecule has 3 nitrogen and oxygen atoms in total. The summed E-state index contributed by atoms with van der Waals surface area (Å²) in [5, 5.41) is 3.32. The van der Waals surface area contributed by atoms with E-state index in [1.54, 1.807) is 11.3 Å². The predicted octanol–water partition coefficient (Wildman–Crippen LogP) is 2.89. The van der Waals surface area contributed by atoms with Gasteiger partial charge in [0.15, 0.2) is 0 Å². The van der Waals surface area contributed by atoms with E-state index in [1.165, 1.54) is 4.88 Å². The van der Waals surface area contributed by atoms with Gasteiger partial charge in [0.2, 0.25) is 5.91 Å². The first kappa shape index (κ1) is 13.8. The molecule has 1 N–H and O–H groups in total. The van der Waals surface area contributed by atoms with Crippen LogP contribution in [0.1, 0.15) is 31.1 Å². The first-order valence-electron chi connectivity index (χ1n) is 6.45. The zero-order chi connectivity index (χ0) is 13.0. The molecule has 0 aromatic carbocycles. The van der Waals surface area contributed by atoms with Crippen molar-refractivity contribution in [3.63, 3.8) is 0 Å². The molecule has 1 atom stereocenters. The van der Waals surface area contributed by atoms with Crippen LogP contribution in [0.5, 0.6) is 0 Å². The summed E-state index contributed by atoms with van der Waals surface area (Å²) in [6.07, 6.45) is 2.72. The van der Waals surface area contributed by atoms with E-state index >= 15 is 0 Å². The highest BCUT2D eigenvalue weighted by atomic mass is 35.5. The highest BCUT2D eigenvalue weighted by Gasteiger charge is 2.30. The van der Waals surface area contributed by atoms with Gasteiger partial charge in [-0.05, 0) is 38.1 Å². The average Bonchev–Trinajstić information content (AvgIpc) is 2.90. The highest BCUT2D eigenvalue weighted by molar-refractivity contribution is 7.16. The monoisotopic (exact) mass is 286 g/mol. The molecular formula is C13H19ClN2OS. The Balaban J connectivity index is 1.92. The Kier molecular flexibility index (Phi) is 5.03. The van der Waals surface area contributed by atoms with Crippen molar-refractivity contribution < 1.29 is 4.79 Å². The predicted molar refractivity (Wildman–Crippen MR) is 76.1 cm³/mol. The maximum absolute atomic E-state index is 11.9. The van der Waals surface area contributed by atoms with Crippen molar-refractivity contribution in [3.05, 3.63) is 21.3 Å². The zero-order valence-corrected chi connectivity index (χ0v) is 12.2. The summed E-state index contributed by atoms with van der Waals surface area (Å²) in [5.41, 5.74) is 0. The topological polar surface area (TPSA) is 32.3 Å². The minimum absolute atomic E-state index is 0.279. The van der Waals surface area contributed by atoms with Gasteiger partial charge in [-0.15, -0.1) is 11.3 Å². The smallest absolute Gasteiger partial charge is 0.223 e. The minimum Gasteiger partial charge on any atom is -0.335 e. The van der Waals surface area contributed by atoms with Crippen LogP contribution in [-0.4, -0.2) is 29.9 Å². The summed E-state index contributed by atoms with van der Waals surface area (Å²) < 4.78 is 0.792. The number of nitrogens with zero attached hydrogens (tertiary/aromatic N) is 1. The van der Waals surface area contributed by atoms with Crippen LogP contribution in [0, 0.1) is 0 Å². The fraction of sp³-hybridized carbons (Fsp3) is 0.615. The number of hydrogen-bond acceptors (Lipinski definition) is 3. The molecule has 1 aliphatic rings. The molecular weight excluding hydrogens is 268 g/mol. The summed E-state index contributed by atoms with van der Waals surface area (Å²) in [5.74, 6) is 0.279. The normalized spacial score (nSPS) is 19.8. The van der Waals surface area contributed by atoms with Gasteiger partial charge in [0.25, 0.3) is 0 Å². The molecule has 1 aromatic heterocycles. The molecule has 0 aliphatic carbocycles. The van der Waals surface area contributed by atoms with Gasteiger partial charge >= 0.3 is 0 Å². The lowest BCUT2D eigenvalue weighted by molar-refractivity contribution is -0.129. The Morgan fingerprint density at radius 2 is 2.39 bits per heavy atom. The molecule has 1 fully saturated rings. The number of nitrogens with one attached hydrogen (secondary N) is 1. The van der Waals surface area contributed by atoms with E-state index in [2.05, 4.69) is 12.2 Å². The van der Waals surface area contributed by atoms with Crippen molar-refractivity contribution in [3.8, 4) is 0 Å². The van der Waals surface area contributed by atoms with Gasteiger partial charge in [-0.1, -0.05) is 18.5 Å². The Hall–Kier alpha value is -0.580. The number of thiophene rings is 1. The molecule has 1 amide bonds. The van der Waals surface area contributed by atoms with E-state index in [-0.39, 0.29) is 5.91 Å². The Morgan fingerprint density at radius 1 is 1.56 bits per heavy atom. The molecule has 0 saturated carbocycles. The number of halogens is 1. The maximum Gasteiger partial charge on any atom is 0.223 e. The first-order chi connectivity index (χ1) is 8.70. The van der Waals surface area contributed by atoms with Gasteiger partial charge in [0, 0.05) is 17.3 Å². The lowest BCUT2D eigenvalue weighted by Gasteiger charge is -2.24. The number of carbonyl (C=O) groups is 1. The Morgan fingerprint density at radius 3 is 3.06 bits per heavy atom. The lowest BCUT2D eigenvalue weighted by Crippen LogP contribution is -2.34. The number of hydrogen-bond donors (Lipinski definition) is 1. The summed E-state index contributed by atoms with van der Waals surface area (Å²) >= 11 is 7.49. The van der Waals surface area contributed by atoms with E-state index in [9.17, 15) is 4.79 Å². The van der Waals surface area contributed by atoms with Crippen molar-refractivity contribution in [2.75, 3.05) is 13.1 Å². The lowest BCUT2D eigenvalue weighted by atomic mass is 10.1. The van der Waals surface area contributed by atoms with Gasteiger partial charge in [-0.2, -0.15) is 0 Å². The van der Waals surface area contributed by atoms with Gasteiger partial charge in [0.1, 0.15) is 0 Å². The van der Waals surface area contributed by atoms with Crippen LogP contribution in [0.3, 0.4) is 0 Å². The van der Waals surface area contributed by atoms with Crippen LogP contribution >= 0.6 is 22.9 Å². The van der Waals surface area contributed by atoms with Crippen LogP contribution < -0.4 is 5.32 Å². The third kappa shape index (κ3) is 3.46. The standard InChI is InChI=1S/C13H19ClN2OS/c1-2-15-8-7-10-3-6-13(17)16(10)9-11-4-5-12(14)18-11/h4-5,10,15H,2-3,6-9H2,1H3/t10-/m1/s1. The van der Waals surface area contributed by atoms with Crippen molar-refractivity contribution >= 4 is 28.8 Å². The molecule has 2 rings (SSSR count). The number of rotatable bonds is 6. The fourth-order valence-corrected chi connectivity index (χ4v) is 3.45. The zero-order valence-electron chi connectivity index (χ0n) is 10.6. The molecule has 0 bridgehead atoms. The molecule has 18 heavy (non-hydrogen) atoms. The van der Waals surface area contributed by atoms with Crippen LogP contribution in [0.2, 0.25) is 4.34 Å². The van der Waals surface area contributed by atoms with E-state index in [1.807, 2.05) is 17.0 Å². The highest BCUT2D eigenvalue weighted by Crippen LogP contribution is 2.28. The minimum atomic E-state index is 0.279. The largest absolute Gasteiger partial charge is 0.335 e. The van der Waals surface area contributed by atoms with E-state index in [4.69, 9.17) is 11.6 Å². The molecule has 1 saturated heterocycles. The van der Waals surface area contributed by atoms with E-state index in [0.717, 1.165) is 30.3 Å². The summed E-state index contributed by atoms with van der Waals surface area (Å²) in [7, 11) is 0. The maximum atomic E-state index is 11.9. The Bertz CT molecular complexity index is 407. The quantitative estimate of drug-likeness (QED) is 0.816. The van der Waals surface area contributed by atoms with Gasteiger partial charge in [-0.25, -0.2) is 0 Å². The molecule has 0 spiro atoms. The van der Waals surface area contributed by atoms with Gasteiger partial charge < -0.3 is 10.2 Å². The first-order valence-corrected chi connectivity index (χ1v) is 7.64. The fourth-order valence-electron chi connectivity index (χ4n) is 2.36. The van der Waals surface area contributed by atoms with Crippen LogP contribution in [0.15, 0.2) is 12.1 Å². The average molecular weight is 287 g/mol. The molecule has 5 heteroatoms. The molecule has 0 radical (unpaired) electrons. The molecule has 2 heterocycles. The second-order valence-corrected chi connectivity index (χ2v) is 6.36. The van der Waals surface area contributed by atoms with E-state index in [0.29, 0.717) is 19.0 Å². The SMILES string of the molecule is CCNCC[C@H]1CCC(=O)N1Cc1ccc(Cl)s1. The van der Waals surface area contributed by atoms with E-state index < -0.39 is 0 Å². The third-order valence-corrected chi connectivity index (χ3v) is 4.53. The molecule has 1 aliphatic heterocycles. The Labute approximate surface area is 117 Å². The van der Waals surface area contributed by atoms with Crippen molar-refractivity contribution in [2.24, 2.45) is 0 Å². The molecule has 100 valence electrons. The number of carbonyl (C=O) groups excluding carboxylic acids is 1.